The molecule has 6 heteroatoms. The van der Waals surface area contributed by atoms with Crippen LogP contribution in [0.1, 0.15) is 38.2 Å². The highest BCUT2D eigenvalue weighted by atomic mass is 32.2. The lowest BCUT2D eigenvalue weighted by molar-refractivity contribution is 0.406. The van der Waals surface area contributed by atoms with Gasteiger partial charge in [0.25, 0.3) is 10.1 Å². The maximum atomic E-state index is 11.2. The van der Waals surface area contributed by atoms with E-state index in [1.807, 2.05) is 18.2 Å². The molecule has 2 rings (SSSR count). The Kier molecular flexibility index (Phi) is 6.23. The van der Waals surface area contributed by atoms with Crippen LogP contribution in [0.2, 0.25) is 0 Å². The first-order valence-electron chi connectivity index (χ1n) is 7.98. The Balaban J connectivity index is 2.22. The lowest BCUT2D eigenvalue weighted by Gasteiger charge is -2.13. The molecule has 0 radical (unpaired) electrons. The van der Waals surface area contributed by atoms with Crippen LogP contribution < -0.4 is 4.74 Å². The average Bonchev–Trinajstić information content (AvgIpc) is 2.54. The Labute approximate surface area is 142 Å². The topological polar surface area (TPSA) is 83.8 Å². The van der Waals surface area contributed by atoms with Gasteiger partial charge in [-0.05, 0) is 36.6 Å². The molecule has 0 unspecified atom stereocenters. The van der Waals surface area contributed by atoms with Gasteiger partial charge in [-0.1, -0.05) is 44.4 Å². The van der Waals surface area contributed by atoms with Gasteiger partial charge >= 0.3 is 0 Å². The average molecular weight is 350 g/mol. The first-order chi connectivity index (χ1) is 11.4. The molecule has 0 aliphatic heterocycles. The molecule has 0 amide bonds. The van der Waals surface area contributed by atoms with E-state index in [1.54, 1.807) is 6.07 Å². The van der Waals surface area contributed by atoms with Gasteiger partial charge in [-0.3, -0.25) is 4.55 Å². The lowest BCUT2D eigenvalue weighted by Crippen LogP contribution is -1.99. The van der Waals surface area contributed by atoms with Gasteiger partial charge in [0.1, 0.15) is 5.75 Å². The monoisotopic (exact) mass is 350 g/mol. The predicted octanol–water partition coefficient (Wildman–Crippen LogP) is 4.55. The smallest absolute Gasteiger partial charge is 0.294 e. The fourth-order valence-electron chi connectivity index (χ4n) is 2.41. The first kappa shape index (κ1) is 18.3. The molecular weight excluding hydrogens is 328 g/mol. The summed E-state index contributed by atoms with van der Waals surface area (Å²) in [6.45, 7) is 2.15. The molecule has 0 fully saturated rings. The van der Waals surface area contributed by atoms with Crippen molar-refractivity contribution >= 4 is 10.1 Å². The van der Waals surface area contributed by atoms with Crippen LogP contribution in [0.25, 0.3) is 0 Å². The summed E-state index contributed by atoms with van der Waals surface area (Å²) in [5, 5.41) is 9.90. The quantitative estimate of drug-likeness (QED) is 0.539. The summed E-state index contributed by atoms with van der Waals surface area (Å²) >= 11 is 0. The van der Waals surface area contributed by atoms with Crippen molar-refractivity contribution in [2.24, 2.45) is 0 Å². The van der Waals surface area contributed by atoms with Crippen LogP contribution in [0.5, 0.6) is 17.2 Å². The van der Waals surface area contributed by atoms with Crippen molar-refractivity contribution in [3.05, 3.63) is 48.0 Å². The number of phenols is 1. The van der Waals surface area contributed by atoms with Crippen molar-refractivity contribution < 1.29 is 22.8 Å². The SMILES string of the molecule is CCCCCCc1ccccc1Oc1cc(S(=O)(=O)O)ccc1O. The highest BCUT2D eigenvalue weighted by Gasteiger charge is 2.15. The van der Waals surface area contributed by atoms with E-state index in [1.165, 1.54) is 12.5 Å². The zero-order chi connectivity index (χ0) is 17.6. The van der Waals surface area contributed by atoms with Crippen LogP contribution in [0.4, 0.5) is 0 Å². The van der Waals surface area contributed by atoms with E-state index in [-0.39, 0.29) is 16.4 Å². The van der Waals surface area contributed by atoms with Crippen molar-refractivity contribution in [3.8, 4) is 17.2 Å². The number of ether oxygens (including phenoxy) is 1. The summed E-state index contributed by atoms with van der Waals surface area (Å²) in [6, 6.07) is 10.9. The first-order valence-corrected chi connectivity index (χ1v) is 9.42. The molecule has 2 aromatic rings. The molecule has 0 saturated heterocycles. The van der Waals surface area contributed by atoms with Gasteiger partial charge < -0.3 is 9.84 Å². The Morgan fingerprint density at radius 3 is 2.46 bits per heavy atom. The van der Waals surface area contributed by atoms with E-state index in [2.05, 4.69) is 6.92 Å². The van der Waals surface area contributed by atoms with E-state index in [0.29, 0.717) is 5.75 Å². The van der Waals surface area contributed by atoms with Gasteiger partial charge in [0.2, 0.25) is 0 Å². The summed E-state index contributed by atoms with van der Waals surface area (Å²) in [5.74, 6) is 0.367. The van der Waals surface area contributed by atoms with E-state index >= 15 is 0 Å². The summed E-state index contributed by atoms with van der Waals surface area (Å²) in [5.41, 5.74) is 0.991. The molecule has 0 heterocycles. The number of benzene rings is 2. The van der Waals surface area contributed by atoms with Crippen molar-refractivity contribution in [2.45, 2.75) is 43.9 Å². The number of hydrogen-bond donors (Lipinski definition) is 2. The van der Waals surface area contributed by atoms with E-state index < -0.39 is 10.1 Å². The minimum Gasteiger partial charge on any atom is -0.504 e. The summed E-state index contributed by atoms with van der Waals surface area (Å²) in [6.07, 6.45) is 5.35. The van der Waals surface area contributed by atoms with Crippen molar-refractivity contribution in [1.82, 2.24) is 0 Å². The molecule has 0 aromatic heterocycles. The molecule has 0 saturated carbocycles. The molecule has 0 bridgehead atoms. The molecule has 130 valence electrons. The molecule has 2 aromatic carbocycles. The Morgan fingerprint density at radius 1 is 1.00 bits per heavy atom. The van der Waals surface area contributed by atoms with Crippen molar-refractivity contribution in [1.29, 1.82) is 0 Å². The van der Waals surface area contributed by atoms with Crippen molar-refractivity contribution in [2.75, 3.05) is 0 Å². The highest BCUT2D eigenvalue weighted by Crippen LogP contribution is 2.34. The molecule has 5 nitrogen and oxygen atoms in total. The van der Waals surface area contributed by atoms with Crippen LogP contribution in [-0.4, -0.2) is 18.1 Å². The fourth-order valence-corrected chi connectivity index (χ4v) is 2.90. The molecule has 0 spiro atoms. The Bertz CT molecular complexity index is 784. The molecule has 0 aliphatic carbocycles. The third-order valence-electron chi connectivity index (χ3n) is 3.72. The zero-order valence-corrected chi connectivity index (χ0v) is 14.4. The van der Waals surface area contributed by atoms with Gasteiger partial charge in [-0.25, -0.2) is 0 Å². The standard InChI is InChI=1S/C18H22O5S/c1-2-3-4-5-8-14-9-6-7-10-17(14)23-18-13-15(24(20,21)22)11-12-16(18)19/h6-7,9-13,19H,2-5,8H2,1H3,(H,20,21,22). The number of unbranched alkanes of at least 4 members (excludes halogenated alkanes) is 3. The Morgan fingerprint density at radius 2 is 1.75 bits per heavy atom. The maximum absolute atomic E-state index is 11.2. The largest absolute Gasteiger partial charge is 0.504 e. The molecule has 24 heavy (non-hydrogen) atoms. The van der Waals surface area contributed by atoms with Gasteiger partial charge in [0, 0.05) is 6.07 Å². The molecule has 0 aliphatic rings. The predicted molar refractivity (Wildman–Crippen MR) is 92.3 cm³/mol. The fraction of sp³-hybridized carbons (Fsp3) is 0.333. The number of para-hydroxylation sites is 1. The summed E-state index contributed by atoms with van der Waals surface area (Å²) in [4.78, 5) is -0.323. The number of aryl methyl sites for hydroxylation is 1. The van der Waals surface area contributed by atoms with E-state index in [4.69, 9.17) is 9.29 Å². The van der Waals surface area contributed by atoms with E-state index in [9.17, 15) is 13.5 Å². The van der Waals surface area contributed by atoms with Crippen LogP contribution in [0.15, 0.2) is 47.4 Å². The molecular formula is C18H22O5S. The van der Waals surface area contributed by atoms with Crippen LogP contribution >= 0.6 is 0 Å². The summed E-state index contributed by atoms with van der Waals surface area (Å²) < 4.78 is 37.3. The second-order valence-electron chi connectivity index (χ2n) is 5.63. The minimum absolute atomic E-state index is 0.00821. The van der Waals surface area contributed by atoms with Crippen LogP contribution in [0.3, 0.4) is 0 Å². The zero-order valence-electron chi connectivity index (χ0n) is 13.6. The maximum Gasteiger partial charge on any atom is 0.294 e. The molecule has 0 atom stereocenters. The summed E-state index contributed by atoms with van der Waals surface area (Å²) in [7, 11) is -4.36. The number of hydrogen-bond acceptors (Lipinski definition) is 4. The number of aromatic hydroxyl groups is 1. The van der Waals surface area contributed by atoms with Crippen LogP contribution in [0, 0.1) is 0 Å². The third kappa shape index (κ3) is 4.97. The number of phenolic OH excluding ortho intramolecular Hbond substituents is 1. The minimum atomic E-state index is -4.36. The number of rotatable bonds is 8. The van der Waals surface area contributed by atoms with Gasteiger partial charge in [0.05, 0.1) is 4.90 Å². The highest BCUT2D eigenvalue weighted by molar-refractivity contribution is 7.85. The van der Waals surface area contributed by atoms with Crippen LogP contribution in [-0.2, 0) is 16.5 Å². The molecule has 2 N–H and O–H groups in total. The lowest BCUT2D eigenvalue weighted by atomic mass is 10.1. The van der Waals surface area contributed by atoms with Gasteiger partial charge in [0.15, 0.2) is 11.5 Å². The van der Waals surface area contributed by atoms with E-state index in [0.717, 1.165) is 43.4 Å². The Hall–Kier alpha value is -2.05. The second-order valence-corrected chi connectivity index (χ2v) is 7.05. The normalized spacial score (nSPS) is 11.4. The van der Waals surface area contributed by atoms with Gasteiger partial charge in [-0.15, -0.1) is 0 Å². The third-order valence-corrected chi connectivity index (χ3v) is 4.57. The second kappa shape index (κ2) is 8.17. The van der Waals surface area contributed by atoms with Gasteiger partial charge in [-0.2, -0.15) is 8.42 Å². The van der Waals surface area contributed by atoms with Crippen molar-refractivity contribution in [3.63, 3.8) is 0 Å².